The van der Waals surface area contributed by atoms with Gasteiger partial charge in [-0.05, 0) is 18.8 Å². The Labute approximate surface area is 107 Å². The average molecular weight is 238 g/mol. The van der Waals surface area contributed by atoms with Crippen LogP contribution in [0.25, 0.3) is 0 Å². The normalized spacial score (nSPS) is 23.4. The lowest BCUT2D eigenvalue weighted by atomic mass is 9.83. The summed E-state index contributed by atoms with van der Waals surface area (Å²) < 4.78 is 0. The van der Waals surface area contributed by atoms with Gasteiger partial charge in [0.1, 0.15) is 0 Å². The average Bonchev–Trinajstić information content (AvgIpc) is 2.33. The van der Waals surface area contributed by atoms with Crippen LogP contribution in [0.3, 0.4) is 0 Å². The fourth-order valence-electron chi connectivity index (χ4n) is 3.04. The molecular formula is C16H30O. The molecule has 100 valence electrons. The highest BCUT2D eigenvalue weighted by atomic mass is 16.3. The third-order valence-electron chi connectivity index (χ3n) is 4.27. The maximum Gasteiger partial charge on any atom is 0.0496 e. The molecule has 1 aliphatic carbocycles. The van der Waals surface area contributed by atoms with E-state index in [0.717, 1.165) is 0 Å². The summed E-state index contributed by atoms with van der Waals surface area (Å²) in [6, 6.07) is 0. The second-order valence-corrected chi connectivity index (χ2v) is 5.60. The van der Waals surface area contributed by atoms with Crippen LogP contribution in [0.5, 0.6) is 0 Å². The van der Waals surface area contributed by atoms with E-state index in [1.807, 2.05) is 6.08 Å². The zero-order valence-corrected chi connectivity index (χ0v) is 11.4. The molecule has 1 aliphatic rings. The van der Waals surface area contributed by atoms with Gasteiger partial charge >= 0.3 is 0 Å². The van der Waals surface area contributed by atoms with Gasteiger partial charge in [0.25, 0.3) is 0 Å². The van der Waals surface area contributed by atoms with E-state index in [9.17, 15) is 5.11 Å². The molecule has 0 saturated heterocycles. The van der Waals surface area contributed by atoms with E-state index >= 15 is 0 Å². The van der Waals surface area contributed by atoms with E-state index in [1.54, 1.807) is 0 Å². The maximum atomic E-state index is 9.40. The maximum absolute atomic E-state index is 9.40. The molecule has 0 aromatic carbocycles. The van der Waals surface area contributed by atoms with Crippen LogP contribution in [0.4, 0.5) is 0 Å². The van der Waals surface area contributed by atoms with Gasteiger partial charge in [0, 0.05) is 12.5 Å². The molecule has 1 heteroatoms. The minimum Gasteiger partial charge on any atom is -0.396 e. The van der Waals surface area contributed by atoms with Crippen molar-refractivity contribution in [2.24, 2.45) is 11.8 Å². The molecule has 1 atom stereocenters. The first-order valence-corrected chi connectivity index (χ1v) is 7.62. The first kappa shape index (κ1) is 14.8. The highest BCUT2D eigenvalue weighted by molar-refractivity contribution is 4.84. The standard InChI is InChI=1S/C16H30O/c1-2-15(14-17)16-12-10-8-6-4-3-5-7-9-11-13-16/h2,15-17H,1,3-14H2. The molecule has 1 unspecified atom stereocenters. The predicted octanol–water partition coefficient (Wildman–Crippen LogP) is 4.70. The quantitative estimate of drug-likeness (QED) is 0.706. The van der Waals surface area contributed by atoms with Crippen LogP contribution in [0, 0.1) is 11.8 Å². The molecule has 1 rings (SSSR count). The van der Waals surface area contributed by atoms with Crippen LogP contribution in [-0.2, 0) is 0 Å². The van der Waals surface area contributed by atoms with E-state index in [0.29, 0.717) is 11.8 Å². The Morgan fingerprint density at radius 1 is 0.882 bits per heavy atom. The molecule has 1 nitrogen and oxygen atoms in total. The largest absolute Gasteiger partial charge is 0.396 e. The molecule has 1 saturated carbocycles. The molecule has 0 radical (unpaired) electrons. The summed E-state index contributed by atoms with van der Waals surface area (Å²) in [6.07, 6.45) is 17.1. The SMILES string of the molecule is C=CC(CO)C1CCCCCCCCCCC1. The third kappa shape index (κ3) is 6.26. The Bertz CT molecular complexity index is 176. The van der Waals surface area contributed by atoms with Gasteiger partial charge in [0.05, 0.1) is 0 Å². The number of hydrogen-bond donors (Lipinski definition) is 1. The minimum atomic E-state index is 0.286. The van der Waals surface area contributed by atoms with Crippen molar-refractivity contribution in [1.82, 2.24) is 0 Å². The second-order valence-electron chi connectivity index (χ2n) is 5.60. The molecule has 1 N–H and O–H groups in total. The zero-order valence-electron chi connectivity index (χ0n) is 11.4. The Morgan fingerprint density at radius 2 is 1.29 bits per heavy atom. The third-order valence-corrected chi connectivity index (χ3v) is 4.27. The number of aliphatic hydroxyl groups excluding tert-OH is 1. The Hall–Kier alpha value is -0.300. The molecule has 0 heterocycles. The zero-order chi connectivity index (χ0) is 12.3. The van der Waals surface area contributed by atoms with Gasteiger partial charge in [-0.3, -0.25) is 0 Å². The highest BCUT2D eigenvalue weighted by Gasteiger charge is 2.17. The lowest BCUT2D eigenvalue weighted by Gasteiger charge is -2.23. The summed E-state index contributed by atoms with van der Waals surface area (Å²) in [7, 11) is 0. The minimum absolute atomic E-state index is 0.286. The van der Waals surface area contributed by atoms with Gasteiger partial charge in [-0.25, -0.2) is 0 Å². The number of aliphatic hydroxyl groups is 1. The van der Waals surface area contributed by atoms with Crippen molar-refractivity contribution in [1.29, 1.82) is 0 Å². The fourth-order valence-corrected chi connectivity index (χ4v) is 3.04. The topological polar surface area (TPSA) is 20.2 Å². The van der Waals surface area contributed by atoms with E-state index in [-0.39, 0.29) is 6.61 Å². The summed E-state index contributed by atoms with van der Waals surface area (Å²) in [5.41, 5.74) is 0. The molecular weight excluding hydrogens is 208 g/mol. The number of hydrogen-bond acceptors (Lipinski definition) is 1. The lowest BCUT2D eigenvalue weighted by Crippen LogP contribution is -2.16. The molecule has 0 amide bonds. The van der Waals surface area contributed by atoms with Gasteiger partial charge in [0.2, 0.25) is 0 Å². The summed E-state index contributed by atoms with van der Waals surface area (Å²) in [5, 5.41) is 9.40. The van der Waals surface area contributed by atoms with E-state index in [2.05, 4.69) is 6.58 Å². The first-order chi connectivity index (χ1) is 8.38. The van der Waals surface area contributed by atoms with Crippen LogP contribution in [0.1, 0.15) is 70.6 Å². The van der Waals surface area contributed by atoms with Crippen molar-refractivity contribution in [3.63, 3.8) is 0 Å². The smallest absolute Gasteiger partial charge is 0.0496 e. The molecule has 17 heavy (non-hydrogen) atoms. The van der Waals surface area contributed by atoms with E-state index in [1.165, 1.54) is 70.6 Å². The van der Waals surface area contributed by atoms with Crippen molar-refractivity contribution < 1.29 is 5.11 Å². The Morgan fingerprint density at radius 3 is 1.65 bits per heavy atom. The van der Waals surface area contributed by atoms with E-state index in [4.69, 9.17) is 0 Å². The van der Waals surface area contributed by atoms with Gasteiger partial charge < -0.3 is 5.11 Å². The summed E-state index contributed by atoms with van der Waals surface area (Å²) in [6.45, 7) is 4.16. The monoisotopic (exact) mass is 238 g/mol. The predicted molar refractivity (Wildman–Crippen MR) is 75.0 cm³/mol. The lowest BCUT2D eigenvalue weighted by molar-refractivity contribution is 0.190. The van der Waals surface area contributed by atoms with Gasteiger partial charge in [0.15, 0.2) is 0 Å². The van der Waals surface area contributed by atoms with Crippen molar-refractivity contribution >= 4 is 0 Å². The fraction of sp³-hybridized carbons (Fsp3) is 0.875. The molecule has 0 bridgehead atoms. The first-order valence-electron chi connectivity index (χ1n) is 7.62. The van der Waals surface area contributed by atoms with Gasteiger partial charge in [-0.1, -0.05) is 63.9 Å². The summed E-state index contributed by atoms with van der Waals surface area (Å²) >= 11 is 0. The second kappa shape index (κ2) is 9.70. The van der Waals surface area contributed by atoms with Crippen LogP contribution in [-0.4, -0.2) is 11.7 Å². The Balaban J connectivity index is 2.39. The molecule has 0 spiro atoms. The van der Waals surface area contributed by atoms with Crippen molar-refractivity contribution in [3.05, 3.63) is 12.7 Å². The molecule has 0 aromatic heterocycles. The summed E-state index contributed by atoms with van der Waals surface area (Å²) in [5.74, 6) is 1.01. The van der Waals surface area contributed by atoms with Crippen LogP contribution >= 0.6 is 0 Å². The summed E-state index contributed by atoms with van der Waals surface area (Å²) in [4.78, 5) is 0. The Kier molecular flexibility index (Phi) is 8.42. The molecule has 0 aliphatic heterocycles. The van der Waals surface area contributed by atoms with E-state index < -0.39 is 0 Å². The van der Waals surface area contributed by atoms with Gasteiger partial charge in [-0.15, -0.1) is 6.58 Å². The van der Waals surface area contributed by atoms with Crippen molar-refractivity contribution in [2.45, 2.75) is 70.6 Å². The van der Waals surface area contributed by atoms with Crippen molar-refractivity contribution in [2.75, 3.05) is 6.61 Å². The van der Waals surface area contributed by atoms with Crippen molar-refractivity contribution in [3.8, 4) is 0 Å². The molecule has 1 fully saturated rings. The van der Waals surface area contributed by atoms with Gasteiger partial charge in [-0.2, -0.15) is 0 Å². The molecule has 0 aromatic rings. The van der Waals surface area contributed by atoms with Crippen LogP contribution in [0.2, 0.25) is 0 Å². The van der Waals surface area contributed by atoms with Crippen LogP contribution in [0.15, 0.2) is 12.7 Å². The highest BCUT2D eigenvalue weighted by Crippen LogP contribution is 2.27. The van der Waals surface area contributed by atoms with Crippen LogP contribution < -0.4 is 0 Å². The number of rotatable bonds is 3.